The largest absolute Gasteiger partial charge is 0.481 e. The Hall–Kier alpha value is -3.78. The van der Waals surface area contributed by atoms with Crippen LogP contribution in [0.3, 0.4) is 0 Å². The molecule has 2 aromatic heterocycles. The molecule has 0 bridgehead atoms. The summed E-state index contributed by atoms with van der Waals surface area (Å²) in [6.07, 6.45) is 4.93. The van der Waals surface area contributed by atoms with Crippen molar-refractivity contribution in [2.45, 2.75) is 25.5 Å². The van der Waals surface area contributed by atoms with Gasteiger partial charge in [-0.2, -0.15) is 0 Å². The van der Waals surface area contributed by atoms with Gasteiger partial charge in [0.15, 0.2) is 0 Å². The molecule has 2 aliphatic heterocycles. The third-order valence-corrected chi connectivity index (χ3v) is 6.86. The fourth-order valence-electron chi connectivity index (χ4n) is 4.99. The number of aliphatic carboxylic acids is 1. The maximum Gasteiger partial charge on any atom is 0.306 e. The molecule has 0 radical (unpaired) electrons. The number of carboxylic acids is 1. The normalized spacial score (nSPS) is 18.7. The van der Waals surface area contributed by atoms with Gasteiger partial charge in [0.1, 0.15) is 12.4 Å². The van der Waals surface area contributed by atoms with Gasteiger partial charge in [0.05, 0.1) is 29.6 Å². The van der Waals surface area contributed by atoms with Crippen LogP contribution in [0.5, 0.6) is 0 Å². The highest BCUT2D eigenvalue weighted by molar-refractivity contribution is 5.83. The van der Waals surface area contributed by atoms with Crippen LogP contribution >= 0.6 is 0 Å². The summed E-state index contributed by atoms with van der Waals surface area (Å²) >= 11 is 0. The quantitative estimate of drug-likeness (QED) is 0.499. The summed E-state index contributed by atoms with van der Waals surface area (Å²) in [5.41, 5.74) is 5.19. The number of carboxylic acid groups (broad SMARTS) is 1. The molecule has 1 unspecified atom stereocenters. The van der Waals surface area contributed by atoms with Crippen molar-refractivity contribution in [1.29, 1.82) is 0 Å². The fourth-order valence-corrected chi connectivity index (χ4v) is 4.99. The number of anilines is 1. The Morgan fingerprint density at radius 3 is 2.50 bits per heavy atom. The molecule has 1 N–H and O–H groups in total. The van der Waals surface area contributed by atoms with E-state index in [0.29, 0.717) is 45.1 Å². The third-order valence-electron chi connectivity index (χ3n) is 6.86. The number of hydrogen-bond acceptors (Lipinski definition) is 6. The number of hydrogen-bond donors (Lipinski definition) is 1. The average molecular weight is 456 g/mol. The summed E-state index contributed by atoms with van der Waals surface area (Å²) in [5.74, 6) is 0.601. The molecule has 172 valence electrons. The van der Waals surface area contributed by atoms with Crippen molar-refractivity contribution in [2.75, 3.05) is 24.6 Å². The van der Waals surface area contributed by atoms with E-state index in [4.69, 9.17) is 9.72 Å². The van der Waals surface area contributed by atoms with Gasteiger partial charge in [0.2, 0.25) is 5.95 Å². The number of rotatable bonds is 4. The molecule has 8 heteroatoms. The van der Waals surface area contributed by atoms with Gasteiger partial charge in [-0.1, -0.05) is 36.4 Å². The molecule has 8 nitrogen and oxygen atoms in total. The molecule has 0 amide bonds. The van der Waals surface area contributed by atoms with Gasteiger partial charge >= 0.3 is 5.97 Å². The van der Waals surface area contributed by atoms with Crippen LogP contribution in [-0.4, -0.2) is 50.3 Å². The second-order valence-electron chi connectivity index (χ2n) is 8.91. The van der Waals surface area contributed by atoms with E-state index in [1.165, 1.54) is 5.56 Å². The molecule has 4 aromatic rings. The molecular formula is C26H25N5O3. The number of aromatic nitrogens is 4. The fraction of sp³-hybridized carbons (Fsp3) is 0.308. The third kappa shape index (κ3) is 3.70. The van der Waals surface area contributed by atoms with Crippen LogP contribution in [0.4, 0.5) is 5.95 Å². The second kappa shape index (κ2) is 8.53. The van der Waals surface area contributed by atoms with E-state index in [-0.39, 0.29) is 12.0 Å². The molecule has 0 saturated carbocycles. The lowest BCUT2D eigenvalue weighted by Crippen LogP contribution is -2.37. The monoisotopic (exact) mass is 455 g/mol. The van der Waals surface area contributed by atoms with E-state index >= 15 is 0 Å². The molecule has 2 aliphatic rings. The minimum atomic E-state index is -0.713. The van der Waals surface area contributed by atoms with Crippen molar-refractivity contribution < 1.29 is 14.6 Å². The van der Waals surface area contributed by atoms with E-state index < -0.39 is 5.97 Å². The summed E-state index contributed by atoms with van der Waals surface area (Å²) in [7, 11) is 0. The number of benzene rings is 2. The smallest absolute Gasteiger partial charge is 0.306 e. The topological polar surface area (TPSA) is 93.4 Å². The van der Waals surface area contributed by atoms with Crippen LogP contribution in [0, 0.1) is 5.92 Å². The van der Waals surface area contributed by atoms with Gasteiger partial charge in [0, 0.05) is 31.0 Å². The van der Waals surface area contributed by atoms with Crippen molar-refractivity contribution in [3.05, 3.63) is 72.3 Å². The van der Waals surface area contributed by atoms with E-state index in [2.05, 4.69) is 55.8 Å². The van der Waals surface area contributed by atoms with Crippen LogP contribution in [0.15, 0.2) is 60.9 Å². The lowest BCUT2D eigenvalue weighted by molar-refractivity contribution is -0.142. The zero-order chi connectivity index (χ0) is 23.1. The van der Waals surface area contributed by atoms with Gasteiger partial charge in [-0.15, -0.1) is 0 Å². The lowest BCUT2D eigenvalue weighted by Gasteiger charge is -2.30. The molecule has 1 atom stereocenters. The zero-order valence-electron chi connectivity index (χ0n) is 18.7. The SMILES string of the molecule is O=C(O)C1CCN(c2ncc(-c3ccc4nc5n(c4c3)C(c3ccccc3)COC5)cn2)CC1. The van der Waals surface area contributed by atoms with Crippen molar-refractivity contribution in [3.8, 4) is 11.1 Å². The standard InChI is InChI=1S/C26H25N5O3/c32-25(33)18-8-10-30(11-9-18)26-27-13-20(14-28-26)19-6-7-21-22(12-19)31-23(15-34-16-24(31)29-21)17-4-2-1-3-5-17/h1-7,12-14,18,23H,8-11,15-16H2,(H,32,33). The van der Waals surface area contributed by atoms with Crippen LogP contribution < -0.4 is 4.90 Å². The number of ether oxygens (including phenoxy) is 1. The second-order valence-corrected chi connectivity index (χ2v) is 8.91. The van der Waals surface area contributed by atoms with Crippen molar-refractivity contribution in [1.82, 2.24) is 19.5 Å². The van der Waals surface area contributed by atoms with Gasteiger partial charge in [-0.3, -0.25) is 4.79 Å². The number of carbonyl (C=O) groups is 1. The molecule has 0 aliphatic carbocycles. The molecule has 0 spiro atoms. The molecule has 1 fully saturated rings. The Labute approximate surface area is 196 Å². The average Bonchev–Trinajstić information content (AvgIpc) is 3.27. The summed E-state index contributed by atoms with van der Waals surface area (Å²) in [5, 5.41) is 9.21. The first kappa shape index (κ1) is 20.8. The van der Waals surface area contributed by atoms with Crippen LogP contribution in [0.1, 0.15) is 30.3 Å². The summed E-state index contributed by atoms with van der Waals surface area (Å²) < 4.78 is 8.15. The Morgan fingerprint density at radius 2 is 1.76 bits per heavy atom. The van der Waals surface area contributed by atoms with E-state index in [1.807, 2.05) is 24.5 Å². The maximum atomic E-state index is 11.2. The molecule has 34 heavy (non-hydrogen) atoms. The highest BCUT2D eigenvalue weighted by Crippen LogP contribution is 2.33. The first-order chi connectivity index (χ1) is 16.7. The van der Waals surface area contributed by atoms with E-state index in [1.54, 1.807) is 0 Å². The van der Waals surface area contributed by atoms with Gasteiger partial charge in [0.25, 0.3) is 0 Å². The predicted octanol–water partition coefficient (Wildman–Crippen LogP) is 3.91. The van der Waals surface area contributed by atoms with Crippen molar-refractivity contribution in [3.63, 3.8) is 0 Å². The summed E-state index contributed by atoms with van der Waals surface area (Å²) in [6, 6.07) is 16.7. The summed E-state index contributed by atoms with van der Waals surface area (Å²) in [4.78, 5) is 27.3. The Kier molecular flexibility index (Phi) is 5.22. The summed E-state index contributed by atoms with van der Waals surface area (Å²) in [6.45, 7) is 2.44. The minimum Gasteiger partial charge on any atom is -0.481 e. The maximum absolute atomic E-state index is 11.2. The van der Waals surface area contributed by atoms with Gasteiger partial charge in [-0.05, 0) is 36.1 Å². The number of imidazole rings is 1. The van der Waals surface area contributed by atoms with Crippen LogP contribution in [0.25, 0.3) is 22.2 Å². The van der Waals surface area contributed by atoms with Crippen molar-refractivity contribution >= 4 is 23.0 Å². The van der Waals surface area contributed by atoms with Gasteiger partial charge < -0.3 is 19.3 Å². The van der Waals surface area contributed by atoms with Crippen molar-refractivity contribution in [2.24, 2.45) is 5.92 Å². The van der Waals surface area contributed by atoms with E-state index in [9.17, 15) is 9.90 Å². The van der Waals surface area contributed by atoms with Gasteiger partial charge in [-0.25, -0.2) is 15.0 Å². The molecule has 2 aromatic carbocycles. The van der Waals surface area contributed by atoms with Crippen LogP contribution in [0.2, 0.25) is 0 Å². The number of fused-ring (bicyclic) bond motifs is 3. The first-order valence-corrected chi connectivity index (χ1v) is 11.6. The highest BCUT2D eigenvalue weighted by Gasteiger charge is 2.27. The Bertz CT molecular complexity index is 1330. The number of piperidine rings is 1. The molecular weight excluding hydrogens is 430 g/mol. The number of nitrogens with zero attached hydrogens (tertiary/aromatic N) is 5. The highest BCUT2D eigenvalue weighted by atomic mass is 16.5. The zero-order valence-corrected chi connectivity index (χ0v) is 18.7. The van der Waals surface area contributed by atoms with Crippen LogP contribution in [-0.2, 0) is 16.1 Å². The molecule has 4 heterocycles. The van der Waals surface area contributed by atoms with E-state index in [0.717, 1.165) is 28.0 Å². The predicted molar refractivity (Wildman–Crippen MR) is 128 cm³/mol. The Balaban J connectivity index is 1.30. The molecule has 1 saturated heterocycles. The molecule has 6 rings (SSSR count). The first-order valence-electron chi connectivity index (χ1n) is 11.6. The lowest BCUT2D eigenvalue weighted by atomic mass is 9.97. The minimum absolute atomic E-state index is 0.0811. The Morgan fingerprint density at radius 1 is 1.00 bits per heavy atom.